The quantitative estimate of drug-likeness (QED) is 0.859. The fraction of sp³-hybridized carbons (Fsp3) is 0.0833. The number of nitrogens with zero attached hydrogens (tertiary/aromatic N) is 1. The summed E-state index contributed by atoms with van der Waals surface area (Å²) in [6, 6.07) is 5.01. The van der Waals surface area contributed by atoms with Crippen LogP contribution in [-0.4, -0.2) is 4.98 Å². The lowest BCUT2D eigenvalue weighted by Gasteiger charge is -2.07. The van der Waals surface area contributed by atoms with Gasteiger partial charge in [-0.25, -0.2) is 8.78 Å². The molecule has 0 atom stereocenters. The summed E-state index contributed by atoms with van der Waals surface area (Å²) in [6.45, 7) is 0.175. The number of hydrogen-bond donors (Lipinski definition) is 2. The Hall–Kier alpha value is -2.17. The van der Waals surface area contributed by atoms with Crippen molar-refractivity contribution >= 4 is 11.4 Å². The molecule has 0 spiro atoms. The lowest BCUT2D eigenvalue weighted by Crippen LogP contribution is -2.03. The Morgan fingerprint density at radius 1 is 1.18 bits per heavy atom. The number of nitrogens with one attached hydrogen (secondary N) is 1. The molecule has 0 bridgehead atoms. The Kier molecular flexibility index (Phi) is 3.18. The van der Waals surface area contributed by atoms with Crippen LogP contribution >= 0.6 is 0 Å². The smallest absolute Gasteiger partial charge is 0.128 e. The molecule has 0 saturated heterocycles. The zero-order valence-corrected chi connectivity index (χ0v) is 8.95. The second kappa shape index (κ2) is 4.78. The minimum atomic E-state index is -0.464. The number of aromatic nitrogens is 1. The predicted molar refractivity (Wildman–Crippen MR) is 62.3 cm³/mol. The van der Waals surface area contributed by atoms with Crippen LogP contribution in [-0.2, 0) is 6.54 Å². The van der Waals surface area contributed by atoms with Gasteiger partial charge in [0.15, 0.2) is 0 Å². The van der Waals surface area contributed by atoms with Crippen molar-refractivity contribution in [2.45, 2.75) is 6.54 Å². The summed E-state index contributed by atoms with van der Waals surface area (Å²) in [6.07, 6.45) is 3.07. The van der Waals surface area contributed by atoms with Crippen molar-refractivity contribution in [1.82, 2.24) is 4.98 Å². The first-order chi connectivity index (χ1) is 8.15. The largest absolute Gasteiger partial charge is 0.397 e. The molecular weight excluding hydrogens is 224 g/mol. The van der Waals surface area contributed by atoms with E-state index in [1.54, 1.807) is 12.3 Å². The summed E-state index contributed by atoms with van der Waals surface area (Å²) in [5.74, 6) is -0.912. The first-order valence-corrected chi connectivity index (χ1v) is 5.03. The van der Waals surface area contributed by atoms with Gasteiger partial charge in [-0.2, -0.15) is 0 Å². The van der Waals surface area contributed by atoms with Crippen LogP contribution in [0.15, 0.2) is 36.7 Å². The highest BCUT2D eigenvalue weighted by atomic mass is 19.1. The molecule has 0 aliphatic carbocycles. The topological polar surface area (TPSA) is 50.9 Å². The van der Waals surface area contributed by atoms with Crippen molar-refractivity contribution < 1.29 is 8.78 Å². The molecule has 17 heavy (non-hydrogen) atoms. The van der Waals surface area contributed by atoms with E-state index in [1.807, 2.05) is 0 Å². The summed E-state index contributed by atoms with van der Waals surface area (Å²) < 4.78 is 26.2. The zero-order valence-electron chi connectivity index (χ0n) is 8.95. The van der Waals surface area contributed by atoms with Crippen LogP contribution in [0.4, 0.5) is 20.2 Å². The fourth-order valence-corrected chi connectivity index (χ4v) is 1.43. The highest BCUT2D eigenvalue weighted by Gasteiger charge is 2.03. The number of halogens is 2. The normalized spacial score (nSPS) is 10.2. The number of nitrogens with two attached hydrogens (primary N) is 1. The standard InChI is InChI=1S/C12H11F2N3/c13-9-1-2-12(14)8(3-9)5-17-11-4-10(15)6-16-7-11/h1-4,6-7,17H,5,15H2. The average Bonchev–Trinajstić information content (AvgIpc) is 2.30. The van der Waals surface area contributed by atoms with Crippen LogP contribution in [0.3, 0.4) is 0 Å². The van der Waals surface area contributed by atoms with E-state index in [0.29, 0.717) is 11.4 Å². The van der Waals surface area contributed by atoms with Crippen LogP contribution in [0.5, 0.6) is 0 Å². The van der Waals surface area contributed by atoms with Crippen LogP contribution < -0.4 is 11.1 Å². The fourth-order valence-electron chi connectivity index (χ4n) is 1.43. The zero-order chi connectivity index (χ0) is 12.3. The molecule has 1 heterocycles. The van der Waals surface area contributed by atoms with Gasteiger partial charge in [0.05, 0.1) is 17.6 Å². The molecular formula is C12H11F2N3. The van der Waals surface area contributed by atoms with Crippen LogP contribution in [0.2, 0.25) is 0 Å². The predicted octanol–water partition coefficient (Wildman–Crippen LogP) is 2.55. The summed E-state index contributed by atoms with van der Waals surface area (Å²) in [4.78, 5) is 3.88. The first kappa shape index (κ1) is 11.3. The van der Waals surface area contributed by atoms with E-state index >= 15 is 0 Å². The van der Waals surface area contributed by atoms with Crippen LogP contribution in [0, 0.1) is 11.6 Å². The van der Waals surface area contributed by atoms with E-state index < -0.39 is 11.6 Å². The van der Waals surface area contributed by atoms with Gasteiger partial charge in [-0.3, -0.25) is 4.98 Å². The van der Waals surface area contributed by atoms with Crippen LogP contribution in [0.25, 0.3) is 0 Å². The molecule has 0 amide bonds. The molecule has 0 aliphatic heterocycles. The van der Waals surface area contributed by atoms with Gasteiger partial charge in [0.1, 0.15) is 11.6 Å². The lowest BCUT2D eigenvalue weighted by atomic mass is 10.2. The maximum absolute atomic E-state index is 13.3. The number of anilines is 2. The molecule has 1 aromatic heterocycles. The molecule has 2 rings (SSSR count). The minimum Gasteiger partial charge on any atom is -0.397 e. The Morgan fingerprint density at radius 3 is 2.76 bits per heavy atom. The number of nitrogen functional groups attached to an aromatic ring is 1. The van der Waals surface area contributed by atoms with Crippen molar-refractivity contribution in [1.29, 1.82) is 0 Å². The summed E-state index contributed by atoms with van der Waals surface area (Å²) >= 11 is 0. The van der Waals surface area contributed by atoms with Gasteiger partial charge in [0.25, 0.3) is 0 Å². The van der Waals surface area contributed by atoms with Gasteiger partial charge in [0, 0.05) is 18.3 Å². The Morgan fingerprint density at radius 2 is 2.00 bits per heavy atom. The number of hydrogen-bond acceptors (Lipinski definition) is 3. The van der Waals surface area contributed by atoms with E-state index in [4.69, 9.17) is 5.73 Å². The van der Waals surface area contributed by atoms with Crippen molar-refractivity contribution in [2.75, 3.05) is 11.1 Å². The van der Waals surface area contributed by atoms with Crippen LogP contribution in [0.1, 0.15) is 5.56 Å². The third-order valence-corrected chi connectivity index (χ3v) is 2.25. The molecule has 5 heteroatoms. The molecule has 3 N–H and O–H groups in total. The van der Waals surface area contributed by atoms with Crippen molar-refractivity contribution in [3.8, 4) is 0 Å². The van der Waals surface area contributed by atoms with Gasteiger partial charge < -0.3 is 11.1 Å². The molecule has 0 saturated carbocycles. The van der Waals surface area contributed by atoms with E-state index in [0.717, 1.165) is 18.2 Å². The highest BCUT2D eigenvalue weighted by Crippen LogP contribution is 2.14. The van der Waals surface area contributed by atoms with Crippen molar-refractivity contribution in [2.24, 2.45) is 0 Å². The molecule has 2 aromatic rings. The maximum atomic E-state index is 13.3. The Bertz CT molecular complexity index is 529. The van der Waals surface area contributed by atoms with Crippen molar-refractivity contribution in [3.63, 3.8) is 0 Å². The third-order valence-electron chi connectivity index (χ3n) is 2.25. The third kappa shape index (κ3) is 2.90. The van der Waals surface area contributed by atoms with Gasteiger partial charge in [0.2, 0.25) is 0 Å². The van der Waals surface area contributed by atoms with Crippen molar-refractivity contribution in [3.05, 3.63) is 53.9 Å². The average molecular weight is 235 g/mol. The molecule has 1 aromatic carbocycles. The summed E-state index contributed by atoms with van der Waals surface area (Å²) in [7, 11) is 0. The van der Waals surface area contributed by atoms with Gasteiger partial charge in [-0.05, 0) is 24.3 Å². The first-order valence-electron chi connectivity index (χ1n) is 5.03. The SMILES string of the molecule is Nc1cncc(NCc2cc(F)ccc2F)c1. The van der Waals surface area contributed by atoms with E-state index in [-0.39, 0.29) is 12.1 Å². The molecule has 0 radical (unpaired) electrons. The van der Waals surface area contributed by atoms with E-state index in [1.165, 1.54) is 6.20 Å². The molecule has 3 nitrogen and oxygen atoms in total. The summed E-state index contributed by atoms with van der Waals surface area (Å²) in [5, 5.41) is 2.92. The lowest BCUT2D eigenvalue weighted by molar-refractivity contribution is 0.587. The maximum Gasteiger partial charge on any atom is 0.128 e. The van der Waals surface area contributed by atoms with Gasteiger partial charge in [-0.1, -0.05) is 0 Å². The minimum absolute atomic E-state index is 0.175. The molecule has 0 fully saturated rings. The number of benzene rings is 1. The molecule has 0 unspecified atom stereocenters. The Balaban J connectivity index is 2.09. The summed E-state index contributed by atoms with van der Waals surface area (Å²) in [5.41, 5.74) is 6.97. The number of rotatable bonds is 3. The molecule has 0 aliphatic rings. The van der Waals surface area contributed by atoms with Gasteiger partial charge in [-0.15, -0.1) is 0 Å². The highest BCUT2D eigenvalue weighted by molar-refractivity contribution is 5.51. The van der Waals surface area contributed by atoms with Gasteiger partial charge >= 0.3 is 0 Å². The molecule has 88 valence electrons. The second-order valence-electron chi connectivity index (χ2n) is 3.60. The number of pyridine rings is 1. The monoisotopic (exact) mass is 235 g/mol. The Labute approximate surface area is 97.3 Å². The van der Waals surface area contributed by atoms with E-state index in [2.05, 4.69) is 10.3 Å². The van der Waals surface area contributed by atoms with E-state index in [9.17, 15) is 8.78 Å². The second-order valence-corrected chi connectivity index (χ2v) is 3.60.